The van der Waals surface area contributed by atoms with Crippen LogP contribution in [0.25, 0.3) is 0 Å². The van der Waals surface area contributed by atoms with E-state index in [1.165, 1.54) is 0 Å². The van der Waals surface area contributed by atoms with E-state index in [-0.39, 0.29) is 12.6 Å². The molecule has 2 heterocycles. The number of nitrogens with zero attached hydrogens (tertiary/aromatic N) is 2. The molecule has 2 atom stereocenters. The molecule has 0 saturated carbocycles. The first-order chi connectivity index (χ1) is 12.6. The van der Waals surface area contributed by atoms with Crippen molar-refractivity contribution in [2.24, 2.45) is 10.9 Å². The molecule has 0 aromatic heterocycles. The van der Waals surface area contributed by atoms with E-state index < -0.39 is 23.8 Å². The number of ether oxygens (including phenoxy) is 1. The molecule has 138 valence electrons. The van der Waals surface area contributed by atoms with Gasteiger partial charge in [0.1, 0.15) is 0 Å². The zero-order valence-electron chi connectivity index (χ0n) is 14.8. The number of benzene rings is 1. The molecule has 4 amide bonds. The summed E-state index contributed by atoms with van der Waals surface area (Å²) in [6.07, 6.45) is 2.44. The van der Waals surface area contributed by atoms with E-state index in [2.05, 4.69) is 10.3 Å². The zero-order valence-corrected chi connectivity index (χ0v) is 14.8. The second kappa shape index (κ2) is 8.23. The largest absolute Gasteiger partial charge is 0.376 e. The van der Waals surface area contributed by atoms with Crippen LogP contribution in [0.3, 0.4) is 0 Å². The number of nitrogens with one attached hydrogen (secondary N) is 1. The van der Waals surface area contributed by atoms with Gasteiger partial charge >= 0.3 is 6.03 Å². The van der Waals surface area contributed by atoms with Crippen molar-refractivity contribution in [3.63, 3.8) is 0 Å². The first kappa shape index (κ1) is 18.3. The van der Waals surface area contributed by atoms with Crippen LogP contribution in [0.4, 0.5) is 4.79 Å². The van der Waals surface area contributed by atoms with E-state index in [0.29, 0.717) is 18.7 Å². The van der Waals surface area contributed by atoms with Crippen LogP contribution in [0.15, 0.2) is 35.3 Å². The van der Waals surface area contributed by atoms with E-state index in [0.717, 1.165) is 29.9 Å². The Labute approximate surface area is 152 Å². The van der Waals surface area contributed by atoms with Gasteiger partial charge in [-0.1, -0.05) is 37.3 Å². The predicted octanol–water partition coefficient (Wildman–Crippen LogP) is 1.91. The number of aliphatic imine (C=N–C) groups is 1. The lowest BCUT2D eigenvalue weighted by atomic mass is 9.96. The molecule has 0 radical (unpaired) electrons. The van der Waals surface area contributed by atoms with Crippen LogP contribution >= 0.6 is 0 Å². The quantitative estimate of drug-likeness (QED) is 0.622. The fourth-order valence-electron chi connectivity index (χ4n) is 3.24. The number of carbonyl (C=O) groups is 3. The Morgan fingerprint density at radius 1 is 1.27 bits per heavy atom. The van der Waals surface area contributed by atoms with Crippen LogP contribution in [0.5, 0.6) is 0 Å². The highest BCUT2D eigenvalue weighted by Gasteiger charge is 2.42. The van der Waals surface area contributed by atoms with Gasteiger partial charge in [-0.05, 0) is 24.8 Å². The molecular weight excluding hydrogens is 334 g/mol. The fraction of sp³-hybridized carbons (Fsp3) is 0.474. The topological polar surface area (TPSA) is 88.1 Å². The summed E-state index contributed by atoms with van der Waals surface area (Å²) in [5, 5.41) is 2.29. The summed E-state index contributed by atoms with van der Waals surface area (Å²) in [7, 11) is 0. The molecule has 2 aliphatic heterocycles. The number of barbiturate groups is 1. The first-order valence-electron chi connectivity index (χ1n) is 8.95. The summed E-state index contributed by atoms with van der Waals surface area (Å²) in [6, 6.07) is 8.52. The van der Waals surface area contributed by atoms with Crippen molar-refractivity contribution < 1.29 is 19.1 Å². The van der Waals surface area contributed by atoms with Crippen molar-refractivity contribution in [1.29, 1.82) is 0 Å². The summed E-state index contributed by atoms with van der Waals surface area (Å²) >= 11 is 0. The number of hydrogen-bond donors (Lipinski definition) is 1. The third-order valence-corrected chi connectivity index (χ3v) is 4.65. The Morgan fingerprint density at radius 2 is 2.04 bits per heavy atom. The number of hydrogen-bond acceptors (Lipinski definition) is 5. The lowest BCUT2D eigenvalue weighted by molar-refractivity contribution is -0.139. The van der Waals surface area contributed by atoms with Crippen molar-refractivity contribution in [3.8, 4) is 0 Å². The maximum Gasteiger partial charge on any atom is 0.331 e. The molecule has 0 spiro atoms. The van der Waals surface area contributed by atoms with Crippen molar-refractivity contribution in [1.82, 2.24) is 10.2 Å². The van der Waals surface area contributed by atoms with Gasteiger partial charge in [-0.25, -0.2) is 4.79 Å². The Kier molecular flexibility index (Phi) is 5.78. The second-order valence-corrected chi connectivity index (χ2v) is 6.46. The van der Waals surface area contributed by atoms with Gasteiger partial charge in [0.15, 0.2) is 5.92 Å². The Hall–Kier alpha value is -2.54. The van der Waals surface area contributed by atoms with Gasteiger partial charge in [0, 0.05) is 12.3 Å². The van der Waals surface area contributed by atoms with Crippen LogP contribution in [0.1, 0.15) is 31.7 Å². The van der Waals surface area contributed by atoms with Gasteiger partial charge in [-0.3, -0.25) is 24.8 Å². The zero-order chi connectivity index (χ0) is 18.5. The van der Waals surface area contributed by atoms with E-state index in [1.807, 2.05) is 37.3 Å². The normalized spacial score (nSPS) is 24.1. The molecule has 2 fully saturated rings. The average molecular weight is 357 g/mol. The monoisotopic (exact) mass is 357 g/mol. The van der Waals surface area contributed by atoms with Gasteiger partial charge in [0.05, 0.1) is 19.2 Å². The SMILES string of the molecule is CCC(=NC[C@H]1CCCO1)C1C(=O)NC(=O)N(Cc2ccccc2)C1=O. The molecule has 2 saturated heterocycles. The molecule has 26 heavy (non-hydrogen) atoms. The van der Waals surface area contributed by atoms with E-state index in [4.69, 9.17) is 4.74 Å². The molecule has 0 bridgehead atoms. The molecule has 3 rings (SSSR count). The van der Waals surface area contributed by atoms with Crippen molar-refractivity contribution in [3.05, 3.63) is 35.9 Å². The van der Waals surface area contributed by atoms with Crippen molar-refractivity contribution >= 4 is 23.6 Å². The summed E-state index contributed by atoms with van der Waals surface area (Å²) in [5.74, 6) is -2.17. The maximum atomic E-state index is 12.9. The van der Waals surface area contributed by atoms with Gasteiger partial charge in [-0.2, -0.15) is 0 Å². The molecule has 1 unspecified atom stereocenters. The predicted molar refractivity (Wildman–Crippen MR) is 95.6 cm³/mol. The number of carbonyl (C=O) groups excluding carboxylic acids is 3. The Balaban J connectivity index is 1.78. The molecular formula is C19H23N3O4. The van der Waals surface area contributed by atoms with Crippen LogP contribution in [0, 0.1) is 5.92 Å². The van der Waals surface area contributed by atoms with Gasteiger partial charge in [-0.15, -0.1) is 0 Å². The Bertz CT molecular complexity index is 711. The maximum absolute atomic E-state index is 12.9. The standard InChI is InChI=1S/C19H23N3O4/c1-2-15(20-11-14-9-6-10-26-14)16-17(23)21-19(25)22(18(16)24)12-13-7-4-3-5-8-13/h3-5,7-8,14,16H,2,6,9-12H2,1H3,(H,21,23,25)/t14-,16?/m1/s1. The first-order valence-corrected chi connectivity index (χ1v) is 8.95. The minimum atomic E-state index is -1.05. The third-order valence-electron chi connectivity index (χ3n) is 4.65. The summed E-state index contributed by atoms with van der Waals surface area (Å²) in [6.45, 7) is 3.14. The second-order valence-electron chi connectivity index (χ2n) is 6.46. The third kappa shape index (κ3) is 3.99. The minimum absolute atomic E-state index is 0.0420. The van der Waals surface area contributed by atoms with Crippen molar-refractivity contribution in [2.45, 2.75) is 38.8 Å². The fourth-order valence-corrected chi connectivity index (χ4v) is 3.24. The number of urea groups is 1. The summed E-state index contributed by atoms with van der Waals surface area (Å²) in [4.78, 5) is 42.9. The van der Waals surface area contributed by atoms with Gasteiger partial charge in [0.2, 0.25) is 11.8 Å². The molecule has 1 aromatic rings. The molecule has 1 N–H and O–H groups in total. The number of rotatable bonds is 6. The lowest BCUT2D eigenvalue weighted by Crippen LogP contribution is -2.59. The van der Waals surface area contributed by atoms with Gasteiger partial charge in [0.25, 0.3) is 0 Å². The lowest BCUT2D eigenvalue weighted by Gasteiger charge is -2.30. The van der Waals surface area contributed by atoms with Gasteiger partial charge < -0.3 is 4.74 Å². The average Bonchev–Trinajstić information content (AvgIpc) is 3.15. The van der Waals surface area contributed by atoms with E-state index >= 15 is 0 Å². The van der Waals surface area contributed by atoms with Crippen molar-refractivity contribution in [2.75, 3.05) is 13.2 Å². The molecule has 0 aliphatic carbocycles. The minimum Gasteiger partial charge on any atom is -0.376 e. The molecule has 2 aliphatic rings. The highest BCUT2D eigenvalue weighted by atomic mass is 16.5. The Morgan fingerprint density at radius 3 is 2.69 bits per heavy atom. The molecule has 7 nitrogen and oxygen atoms in total. The smallest absolute Gasteiger partial charge is 0.331 e. The number of imide groups is 2. The van der Waals surface area contributed by atoms with E-state index in [1.54, 1.807) is 0 Å². The molecule has 1 aromatic carbocycles. The summed E-state index contributed by atoms with van der Waals surface area (Å²) < 4.78 is 5.55. The van der Waals surface area contributed by atoms with Crippen LogP contribution < -0.4 is 5.32 Å². The van der Waals surface area contributed by atoms with Crippen LogP contribution in [-0.4, -0.2) is 47.7 Å². The highest BCUT2D eigenvalue weighted by molar-refractivity contribution is 6.27. The summed E-state index contributed by atoms with van der Waals surface area (Å²) in [5.41, 5.74) is 1.31. The van der Waals surface area contributed by atoms with Crippen LogP contribution in [0.2, 0.25) is 0 Å². The van der Waals surface area contributed by atoms with Crippen LogP contribution in [-0.2, 0) is 20.9 Å². The van der Waals surface area contributed by atoms with E-state index in [9.17, 15) is 14.4 Å². The highest BCUT2D eigenvalue weighted by Crippen LogP contribution is 2.19. The molecule has 7 heteroatoms. The number of amides is 4.